The van der Waals surface area contributed by atoms with Crippen molar-refractivity contribution in [2.24, 2.45) is 5.41 Å². The molecule has 1 aromatic rings. The highest BCUT2D eigenvalue weighted by Crippen LogP contribution is 2.47. The first-order valence-electron chi connectivity index (χ1n) is 8.76. The van der Waals surface area contributed by atoms with Crippen LogP contribution >= 0.6 is 0 Å². The predicted molar refractivity (Wildman–Crippen MR) is 92.9 cm³/mol. The summed E-state index contributed by atoms with van der Waals surface area (Å²) in [7, 11) is 0. The van der Waals surface area contributed by atoms with Crippen LogP contribution in [0.5, 0.6) is 5.75 Å². The third kappa shape index (κ3) is 3.54. The lowest BCUT2D eigenvalue weighted by Gasteiger charge is -2.41. The first-order chi connectivity index (χ1) is 10.7. The second kappa shape index (κ2) is 6.54. The third-order valence-corrected chi connectivity index (χ3v) is 5.49. The monoisotopic (exact) mass is 318 g/mol. The molecule has 1 aliphatic carbocycles. The van der Waals surface area contributed by atoms with Gasteiger partial charge in [-0.15, -0.1) is 0 Å². The number of phenols is 1. The zero-order chi connectivity index (χ0) is 17.3. The topological polar surface area (TPSA) is 46.5 Å². The van der Waals surface area contributed by atoms with E-state index in [9.17, 15) is 9.90 Å². The molecule has 1 atom stereocenters. The minimum atomic E-state index is -0.428. The van der Waals surface area contributed by atoms with Gasteiger partial charge in [0.05, 0.1) is 0 Å². The Labute approximate surface area is 140 Å². The maximum absolute atomic E-state index is 12.8. The van der Waals surface area contributed by atoms with E-state index >= 15 is 0 Å². The van der Waals surface area contributed by atoms with Crippen LogP contribution in [0.2, 0.25) is 0 Å². The molecular weight excluding hydrogens is 288 g/mol. The lowest BCUT2D eigenvalue weighted by molar-refractivity contribution is -0.0750. The van der Waals surface area contributed by atoms with Gasteiger partial charge in [-0.25, -0.2) is 4.79 Å². The van der Waals surface area contributed by atoms with Crippen molar-refractivity contribution in [2.45, 2.75) is 78.2 Å². The molecule has 2 rings (SSSR count). The number of hydrogen-bond acceptors (Lipinski definition) is 3. The van der Waals surface area contributed by atoms with E-state index in [-0.39, 0.29) is 11.2 Å². The van der Waals surface area contributed by atoms with Gasteiger partial charge in [0.25, 0.3) is 0 Å². The Morgan fingerprint density at radius 3 is 2.43 bits per heavy atom. The molecule has 1 aliphatic rings. The Balaban J connectivity index is 2.30. The quantitative estimate of drug-likeness (QED) is 0.754. The zero-order valence-corrected chi connectivity index (χ0v) is 15.1. The first kappa shape index (κ1) is 17.8. The van der Waals surface area contributed by atoms with Crippen LogP contribution in [-0.2, 0) is 4.74 Å². The molecule has 128 valence electrons. The van der Waals surface area contributed by atoms with Gasteiger partial charge in [0.15, 0.2) is 0 Å². The maximum atomic E-state index is 12.8. The summed E-state index contributed by atoms with van der Waals surface area (Å²) in [5, 5.41) is 10.1. The van der Waals surface area contributed by atoms with E-state index in [1.807, 2.05) is 6.07 Å². The van der Waals surface area contributed by atoms with E-state index in [0.29, 0.717) is 11.5 Å². The average Bonchev–Trinajstić information content (AvgIpc) is 2.96. The van der Waals surface area contributed by atoms with Crippen LogP contribution in [0.1, 0.15) is 88.6 Å². The molecule has 1 saturated carbocycles. The predicted octanol–water partition coefficient (Wildman–Crippen LogP) is 5.42. The van der Waals surface area contributed by atoms with Crippen molar-refractivity contribution in [3.05, 3.63) is 29.3 Å². The number of aromatic hydroxyl groups is 1. The molecule has 0 heterocycles. The summed E-state index contributed by atoms with van der Waals surface area (Å²) in [5.41, 5.74) is 0.818. The van der Waals surface area contributed by atoms with E-state index in [1.54, 1.807) is 12.1 Å². The lowest BCUT2D eigenvalue weighted by atomic mass is 9.75. The van der Waals surface area contributed by atoms with E-state index in [1.165, 1.54) is 0 Å². The van der Waals surface area contributed by atoms with E-state index < -0.39 is 11.6 Å². The molecule has 0 bridgehead atoms. The lowest BCUT2D eigenvalue weighted by Crippen LogP contribution is -2.44. The second-order valence-corrected chi connectivity index (χ2v) is 7.93. The zero-order valence-electron chi connectivity index (χ0n) is 15.1. The van der Waals surface area contributed by atoms with Crippen LogP contribution in [0.4, 0.5) is 0 Å². The van der Waals surface area contributed by atoms with Gasteiger partial charge in [0.2, 0.25) is 0 Å². The van der Waals surface area contributed by atoms with Crippen LogP contribution in [-0.4, -0.2) is 16.7 Å². The maximum Gasteiger partial charge on any atom is 0.342 e. The molecule has 1 fully saturated rings. The van der Waals surface area contributed by atoms with Gasteiger partial charge in [-0.05, 0) is 55.7 Å². The minimum Gasteiger partial charge on any atom is -0.507 e. The molecule has 0 radical (unpaired) electrons. The van der Waals surface area contributed by atoms with Gasteiger partial charge in [-0.3, -0.25) is 0 Å². The molecule has 0 aliphatic heterocycles. The van der Waals surface area contributed by atoms with E-state index in [2.05, 4.69) is 34.6 Å². The molecule has 23 heavy (non-hydrogen) atoms. The Morgan fingerprint density at radius 2 is 1.91 bits per heavy atom. The molecule has 1 N–H and O–H groups in total. The molecule has 3 nitrogen and oxygen atoms in total. The van der Waals surface area contributed by atoms with Crippen molar-refractivity contribution in [3.63, 3.8) is 0 Å². The molecule has 0 spiro atoms. The summed E-state index contributed by atoms with van der Waals surface area (Å²) in [6.07, 6.45) is 4.96. The normalized spacial score (nSPS) is 18.7. The van der Waals surface area contributed by atoms with Gasteiger partial charge in [-0.2, -0.15) is 0 Å². The average molecular weight is 318 g/mol. The molecule has 3 heteroatoms. The first-order valence-corrected chi connectivity index (χ1v) is 8.76. The van der Waals surface area contributed by atoms with Crippen LogP contribution < -0.4 is 0 Å². The van der Waals surface area contributed by atoms with Gasteiger partial charge in [0, 0.05) is 5.41 Å². The third-order valence-electron chi connectivity index (χ3n) is 5.49. The fourth-order valence-corrected chi connectivity index (χ4v) is 3.44. The number of carbonyl (C=O) groups excluding carboxylic acids is 1. The van der Waals surface area contributed by atoms with Crippen LogP contribution in [0.15, 0.2) is 18.2 Å². The summed E-state index contributed by atoms with van der Waals surface area (Å²) in [4.78, 5) is 12.8. The summed E-state index contributed by atoms with van der Waals surface area (Å²) < 4.78 is 6.00. The molecule has 0 amide bonds. The van der Waals surface area contributed by atoms with Crippen LogP contribution in [0, 0.1) is 5.41 Å². The minimum absolute atomic E-state index is 0.00380. The Bertz CT molecular complexity index is 563. The molecular formula is C20H30O3. The van der Waals surface area contributed by atoms with Crippen molar-refractivity contribution in [1.82, 2.24) is 0 Å². The Morgan fingerprint density at radius 1 is 1.30 bits per heavy atom. The summed E-state index contributed by atoms with van der Waals surface area (Å²) >= 11 is 0. The Kier molecular flexibility index (Phi) is 5.07. The van der Waals surface area contributed by atoms with Gasteiger partial charge in [-0.1, -0.05) is 40.7 Å². The highest BCUT2D eigenvalue weighted by Gasteiger charge is 2.47. The largest absolute Gasteiger partial charge is 0.507 e. The molecule has 1 unspecified atom stereocenters. The number of hydrogen-bond donors (Lipinski definition) is 1. The van der Waals surface area contributed by atoms with Crippen molar-refractivity contribution in [1.29, 1.82) is 0 Å². The molecule has 0 saturated heterocycles. The van der Waals surface area contributed by atoms with E-state index in [0.717, 1.165) is 37.7 Å². The summed E-state index contributed by atoms with van der Waals surface area (Å²) in [6, 6.07) is 5.28. The Hall–Kier alpha value is -1.51. The van der Waals surface area contributed by atoms with Crippen LogP contribution in [0.3, 0.4) is 0 Å². The number of ether oxygens (including phenoxy) is 1. The fourth-order valence-electron chi connectivity index (χ4n) is 3.44. The molecule has 0 aromatic heterocycles. The highest BCUT2D eigenvalue weighted by atomic mass is 16.6. The van der Waals surface area contributed by atoms with Crippen LogP contribution in [0.25, 0.3) is 0 Å². The number of benzene rings is 1. The number of rotatable bonds is 4. The summed E-state index contributed by atoms with van der Waals surface area (Å²) in [6.45, 7) is 10.6. The fraction of sp³-hybridized carbons (Fsp3) is 0.650. The SMILES string of the molecule is CCC(C)c1ccc(O)c(C(=O)OC2(C(C)(C)C)CCCC2)c1. The van der Waals surface area contributed by atoms with Crippen molar-refractivity contribution in [3.8, 4) is 5.75 Å². The van der Waals surface area contributed by atoms with Gasteiger partial charge < -0.3 is 9.84 Å². The number of phenolic OH excluding ortho intramolecular Hbond substituents is 1. The van der Waals surface area contributed by atoms with Gasteiger partial charge >= 0.3 is 5.97 Å². The van der Waals surface area contributed by atoms with E-state index in [4.69, 9.17) is 4.74 Å². The van der Waals surface area contributed by atoms with Crippen molar-refractivity contribution >= 4 is 5.97 Å². The standard InChI is InChI=1S/C20H30O3/c1-6-14(2)15-9-10-17(21)16(13-15)18(22)23-20(19(3,4)5)11-7-8-12-20/h9-10,13-14,21H,6-8,11-12H2,1-5H3. The smallest absolute Gasteiger partial charge is 0.342 e. The van der Waals surface area contributed by atoms with Crippen molar-refractivity contribution in [2.75, 3.05) is 0 Å². The molecule has 1 aromatic carbocycles. The van der Waals surface area contributed by atoms with Crippen molar-refractivity contribution < 1.29 is 14.6 Å². The summed E-state index contributed by atoms with van der Waals surface area (Å²) in [5.74, 6) is -0.0428. The number of esters is 1. The second-order valence-electron chi connectivity index (χ2n) is 7.93. The highest BCUT2D eigenvalue weighted by molar-refractivity contribution is 5.93. The number of carbonyl (C=O) groups is 1. The van der Waals surface area contributed by atoms with Gasteiger partial charge in [0.1, 0.15) is 16.9 Å².